The highest BCUT2D eigenvalue weighted by Crippen LogP contribution is 2.39. The molecular formula is C14H28N2O2. The van der Waals surface area contributed by atoms with Gasteiger partial charge in [0.2, 0.25) is 0 Å². The smallest absolute Gasteiger partial charge is 0.168 e. The number of hydrogen-bond donors (Lipinski definition) is 2. The minimum Gasteiger partial charge on any atom is -0.348 e. The second kappa shape index (κ2) is 7.43. The zero-order chi connectivity index (χ0) is 12.7. The Morgan fingerprint density at radius 1 is 1.00 bits per heavy atom. The first kappa shape index (κ1) is 14.3. The van der Waals surface area contributed by atoms with Crippen molar-refractivity contribution in [2.45, 2.75) is 44.8 Å². The first-order valence-electron chi connectivity index (χ1n) is 7.54. The van der Waals surface area contributed by atoms with Crippen molar-refractivity contribution in [1.82, 2.24) is 10.6 Å². The van der Waals surface area contributed by atoms with Crippen molar-refractivity contribution >= 4 is 0 Å². The normalized spacial score (nSPS) is 23.8. The maximum atomic E-state index is 5.75. The van der Waals surface area contributed by atoms with E-state index in [0.29, 0.717) is 0 Å². The average Bonchev–Trinajstić information content (AvgIpc) is 2.85. The molecule has 0 bridgehead atoms. The van der Waals surface area contributed by atoms with E-state index in [2.05, 4.69) is 17.6 Å². The van der Waals surface area contributed by atoms with Gasteiger partial charge in [-0.15, -0.1) is 0 Å². The van der Waals surface area contributed by atoms with Gasteiger partial charge in [0.1, 0.15) is 0 Å². The van der Waals surface area contributed by atoms with Crippen LogP contribution in [0.4, 0.5) is 0 Å². The molecule has 1 aliphatic carbocycles. The summed E-state index contributed by atoms with van der Waals surface area (Å²) in [5, 5.41) is 6.83. The van der Waals surface area contributed by atoms with Gasteiger partial charge in [-0.1, -0.05) is 6.92 Å². The van der Waals surface area contributed by atoms with Crippen molar-refractivity contribution in [3.05, 3.63) is 0 Å². The van der Waals surface area contributed by atoms with Crippen LogP contribution >= 0.6 is 0 Å². The van der Waals surface area contributed by atoms with E-state index >= 15 is 0 Å². The Balaban J connectivity index is 1.51. The third-order valence-electron chi connectivity index (χ3n) is 4.14. The van der Waals surface area contributed by atoms with Crippen LogP contribution in [0.2, 0.25) is 0 Å². The van der Waals surface area contributed by atoms with Crippen molar-refractivity contribution in [3.8, 4) is 0 Å². The Morgan fingerprint density at radius 2 is 1.67 bits per heavy atom. The first-order chi connectivity index (χ1) is 8.85. The molecule has 0 aromatic heterocycles. The van der Waals surface area contributed by atoms with Crippen molar-refractivity contribution in [1.29, 1.82) is 0 Å². The SMILES string of the molecule is CCNCCNCCC1CCC2(CC1)OCCO2. The van der Waals surface area contributed by atoms with E-state index in [9.17, 15) is 0 Å². The van der Waals surface area contributed by atoms with Gasteiger partial charge in [-0.25, -0.2) is 0 Å². The fourth-order valence-corrected chi connectivity index (χ4v) is 2.98. The topological polar surface area (TPSA) is 42.5 Å². The van der Waals surface area contributed by atoms with E-state index in [1.54, 1.807) is 0 Å². The van der Waals surface area contributed by atoms with Crippen LogP contribution in [-0.4, -0.2) is 45.2 Å². The molecule has 1 saturated heterocycles. The summed E-state index contributed by atoms with van der Waals surface area (Å²) in [5.74, 6) is 0.671. The molecule has 4 heteroatoms. The van der Waals surface area contributed by atoms with Gasteiger partial charge in [-0.05, 0) is 38.3 Å². The first-order valence-corrected chi connectivity index (χ1v) is 7.54. The molecular weight excluding hydrogens is 228 g/mol. The third-order valence-corrected chi connectivity index (χ3v) is 4.14. The quantitative estimate of drug-likeness (QED) is 0.678. The lowest BCUT2D eigenvalue weighted by atomic mass is 9.83. The van der Waals surface area contributed by atoms with Gasteiger partial charge in [0, 0.05) is 25.9 Å². The number of rotatable bonds is 7. The number of likely N-dealkylation sites (N-methyl/N-ethyl adjacent to an activating group) is 1. The molecule has 2 aliphatic rings. The van der Waals surface area contributed by atoms with E-state index in [1.165, 1.54) is 19.3 Å². The maximum absolute atomic E-state index is 5.75. The van der Waals surface area contributed by atoms with Gasteiger partial charge >= 0.3 is 0 Å². The summed E-state index contributed by atoms with van der Waals surface area (Å²) >= 11 is 0. The van der Waals surface area contributed by atoms with Crippen molar-refractivity contribution in [2.24, 2.45) is 5.92 Å². The highest BCUT2D eigenvalue weighted by atomic mass is 16.7. The van der Waals surface area contributed by atoms with Crippen molar-refractivity contribution in [2.75, 3.05) is 39.4 Å². The van der Waals surface area contributed by atoms with Crippen LogP contribution in [0.25, 0.3) is 0 Å². The molecule has 0 aromatic carbocycles. The molecule has 0 unspecified atom stereocenters. The number of ether oxygens (including phenoxy) is 2. The third kappa shape index (κ3) is 4.19. The summed E-state index contributed by atoms with van der Waals surface area (Å²) in [6.07, 6.45) is 6.00. The highest BCUT2D eigenvalue weighted by molar-refractivity contribution is 4.82. The van der Waals surface area contributed by atoms with Crippen molar-refractivity contribution in [3.63, 3.8) is 0 Å². The van der Waals surface area contributed by atoms with Gasteiger partial charge in [0.25, 0.3) is 0 Å². The summed E-state index contributed by atoms with van der Waals surface area (Å²) in [4.78, 5) is 0. The fraction of sp³-hybridized carbons (Fsp3) is 1.00. The largest absolute Gasteiger partial charge is 0.348 e. The van der Waals surface area contributed by atoms with E-state index < -0.39 is 0 Å². The van der Waals surface area contributed by atoms with Gasteiger partial charge in [-0.2, -0.15) is 0 Å². The van der Waals surface area contributed by atoms with E-state index in [4.69, 9.17) is 9.47 Å². The Morgan fingerprint density at radius 3 is 2.33 bits per heavy atom. The number of nitrogens with one attached hydrogen (secondary N) is 2. The molecule has 1 spiro atoms. The van der Waals surface area contributed by atoms with Crippen LogP contribution in [0.1, 0.15) is 39.0 Å². The predicted octanol–water partition coefficient (Wildman–Crippen LogP) is 1.51. The lowest BCUT2D eigenvalue weighted by Gasteiger charge is -2.35. The lowest BCUT2D eigenvalue weighted by Crippen LogP contribution is -2.36. The number of hydrogen-bond acceptors (Lipinski definition) is 4. The Labute approximate surface area is 111 Å². The molecule has 2 rings (SSSR count). The minimum absolute atomic E-state index is 0.186. The molecule has 1 heterocycles. The minimum atomic E-state index is -0.186. The molecule has 18 heavy (non-hydrogen) atoms. The van der Waals surface area contributed by atoms with Gasteiger partial charge in [0.05, 0.1) is 13.2 Å². The highest BCUT2D eigenvalue weighted by Gasteiger charge is 2.39. The zero-order valence-electron chi connectivity index (χ0n) is 11.7. The molecule has 1 aliphatic heterocycles. The molecule has 0 aromatic rings. The van der Waals surface area contributed by atoms with Gasteiger partial charge < -0.3 is 20.1 Å². The summed E-state index contributed by atoms with van der Waals surface area (Å²) in [5.41, 5.74) is 0. The molecule has 0 radical (unpaired) electrons. The predicted molar refractivity (Wildman–Crippen MR) is 72.6 cm³/mol. The van der Waals surface area contributed by atoms with E-state index in [-0.39, 0.29) is 5.79 Å². The van der Waals surface area contributed by atoms with Gasteiger partial charge in [0.15, 0.2) is 5.79 Å². The van der Waals surface area contributed by atoms with E-state index in [0.717, 1.165) is 58.2 Å². The van der Waals surface area contributed by atoms with Gasteiger partial charge in [-0.3, -0.25) is 0 Å². The molecule has 0 amide bonds. The second-order valence-electron chi connectivity index (χ2n) is 5.44. The molecule has 2 fully saturated rings. The Bertz CT molecular complexity index is 220. The standard InChI is InChI=1S/C14H28N2O2/c1-2-15-9-10-16-8-5-13-3-6-14(7-4-13)17-11-12-18-14/h13,15-16H,2-12H2,1H3. The van der Waals surface area contributed by atoms with Crippen LogP contribution in [0, 0.1) is 5.92 Å². The molecule has 106 valence electrons. The lowest BCUT2D eigenvalue weighted by molar-refractivity contribution is -0.182. The van der Waals surface area contributed by atoms with Crippen LogP contribution < -0.4 is 10.6 Å². The van der Waals surface area contributed by atoms with Crippen LogP contribution in [0.15, 0.2) is 0 Å². The van der Waals surface area contributed by atoms with Crippen LogP contribution in [-0.2, 0) is 9.47 Å². The second-order valence-corrected chi connectivity index (χ2v) is 5.44. The molecule has 1 saturated carbocycles. The molecule has 2 N–H and O–H groups in total. The van der Waals surface area contributed by atoms with Crippen LogP contribution in [0.3, 0.4) is 0 Å². The maximum Gasteiger partial charge on any atom is 0.168 e. The summed E-state index contributed by atoms with van der Waals surface area (Å²) in [6, 6.07) is 0. The van der Waals surface area contributed by atoms with Crippen molar-refractivity contribution < 1.29 is 9.47 Å². The summed E-state index contributed by atoms with van der Waals surface area (Å²) in [7, 11) is 0. The Kier molecular flexibility index (Phi) is 5.89. The zero-order valence-corrected chi connectivity index (χ0v) is 11.7. The molecule has 0 atom stereocenters. The Hall–Kier alpha value is -0.160. The van der Waals surface area contributed by atoms with Crippen LogP contribution in [0.5, 0.6) is 0 Å². The monoisotopic (exact) mass is 256 g/mol. The molecule has 4 nitrogen and oxygen atoms in total. The fourth-order valence-electron chi connectivity index (χ4n) is 2.98. The summed E-state index contributed by atoms with van der Waals surface area (Å²) < 4.78 is 11.5. The summed E-state index contributed by atoms with van der Waals surface area (Å²) in [6.45, 7) is 8.08. The van der Waals surface area contributed by atoms with E-state index in [1.807, 2.05) is 0 Å². The average molecular weight is 256 g/mol.